The summed E-state index contributed by atoms with van der Waals surface area (Å²) in [6.07, 6.45) is 1.28. The summed E-state index contributed by atoms with van der Waals surface area (Å²) >= 11 is 1.67. The van der Waals surface area contributed by atoms with E-state index >= 15 is 0 Å². The summed E-state index contributed by atoms with van der Waals surface area (Å²) in [5, 5.41) is 12.1. The molecule has 1 unspecified atom stereocenters. The van der Waals surface area contributed by atoms with E-state index in [2.05, 4.69) is 16.9 Å². The van der Waals surface area contributed by atoms with Crippen molar-refractivity contribution in [3.63, 3.8) is 0 Å². The number of hydrogen-bond acceptors (Lipinski definition) is 4. The van der Waals surface area contributed by atoms with Crippen LogP contribution < -0.4 is 0 Å². The summed E-state index contributed by atoms with van der Waals surface area (Å²) in [6, 6.07) is 0. The number of aromatic nitrogens is 1. The molecule has 0 aliphatic carbocycles. The summed E-state index contributed by atoms with van der Waals surface area (Å²) in [6.45, 7) is 6.08. The molecule has 0 saturated carbocycles. The van der Waals surface area contributed by atoms with Gasteiger partial charge >= 0.3 is 5.97 Å². The second-order valence-electron chi connectivity index (χ2n) is 5.77. The summed E-state index contributed by atoms with van der Waals surface area (Å²) in [7, 11) is 2.13. The summed E-state index contributed by atoms with van der Waals surface area (Å²) in [4.78, 5) is 17.9. The maximum atomic E-state index is 10.9. The average Bonchev–Trinajstić information content (AvgIpc) is 2.83. The second kappa shape index (κ2) is 4.97. The first-order chi connectivity index (χ1) is 8.38. The van der Waals surface area contributed by atoms with Gasteiger partial charge in [0.2, 0.25) is 0 Å². The molecule has 1 aliphatic heterocycles. The van der Waals surface area contributed by atoms with Gasteiger partial charge in [-0.2, -0.15) is 0 Å². The Labute approximate surface area is 112 Å². The average molecular weight is 268 g/mol. The van der Waals surface area contributed by atoms with Gasteiger partial charge in [-0.3, -0.25) is 4.79 Å². The van der Waals surface area contributed by atoms with Crippen molar-refractivity contribution < 1.29 is 9.90 Å². The highest BCUT2D eigenvalue weighted by molar-refractivity contribution is 7.09. The van der Waals surface area contributed by atoms with E-state index in [-0.39, 0.29) is 11.8 Å². The predicted molar refractivity (Wildman–Crippen MR) is 72.2 cm³/mol. The Morgan fingerprint density at radius 3 is 2.94 bits per heavy atom. The normalized spacial score (nSPS) is 21.4. The summed E-state index contributed by atoms with van der Waals surface area (Å²) < 4.78 is 0. The molecule has 0 radical (unpaired) electrons. The lowest BCUT2D eigenvalue weighted by Crippen LogP contribution is -2.22. The lowest BCUT2D eigenvalue weighted by molar-refractivity contribution is -0.138. The number of carboxylic acid groups (broad SMARTS) is 1. The Hall–Kier alpha value is -0.940. The third-order valence-electron chi connectivity index (χ3n) is 3.55. The molecule has 2 rings (SSSR count). The van der Waals surface area contributed by atoms with E-state index in [4.69, 9.17) is 5.11 Å². The Kier molecular flexibility index (Phi) is 3.73. The number of rotatable bonds is 4. The van der Waals surface area contributed by atoms with Crippen LogP contribution in [0.25, 0.3) is 0 Å². The zero-order valence-electron chi connectivity index (χ0n) is 11.1. The van der Waals surface area contributed by atoms with Crippen LogP contribution in [-0.4, -0.2) is 41.1 Å². The predicted octanol–water partition coefficient (Wildman–Crippen LogP) is 2.31. The number of nitrogens with zero attached hydrogens (tertiary/aromatic N) is 2. The Bertz CT molecular complexity index is 442. The highest BCUT2D eigenvalue weighted by atomic mass is 32.1. The number of hydrogen-bond donors (Lipinski definition) is 1. The molecule has 1 aromatic heterocycles. The Balaban J connectivity index is 2.12. The third kappa shape index (κ3) is 2.90. The summed E-state index contributed by atoms with van der Waals surface area (Å²) in [5.41, 5.74) is 0.532. The van der Waals surface area contributed by atoms with Gasteiger partial charge in [0.1, 0.15) is 0 Å². The first kappa shape index (κ1) is 13.5. The molecule has 1 N–H and O–H groups in total. The van der Waals surface area contributed by atoms with E-state index in [1.165, 1.54) is 0 Å². The lowest BCUT2D eigenvalue weighted by atomic mass is 9.86. The van der Waals surface area contributed by atoms with Crippen LogP contribution in [0.15, 0.2) is 5.38 Å². The van der Waals surface area contributed by atoms with Gasteiger partial charge < -0.3 is 10.0 Å². The molecule has 1 saturated heterocycles. The smallest absolute Gasteiger partial charge is 0.304 e. The molecule has 0 aromatic carbocycles. The minimum atomic E-state index is -0.768. The van der Waals surface area contributed by atoms with Crippen LogP contribution in [0, 0.1) is 0 Å². The maximum Gasteiger partial charge on any atom is 0.304 e. The molecule has 1 atom stereocenters. The van der Waals surface area contributed by atoms with E-state index in [1.54, 1.807) is 11.3 Å². The van der Waals surface area contributed by atoms with Gasteiger partial charge in [0.15, 0.2) is 0 Å². The van der Waals surface area contributed by atoms with Crippen LogP contribution in [-0.2, 0) is 10.2 Å². The molecule has 18 heavy (non-hydrogen) atoms. The first-order valence-electron chi connectivity index (χ1n) is 6.25. The van der Waals surface area contributed by atoms with Crippen molar-refractivity contribution in [2.45, 2.75) is 38.0 Å². The van der Waals surface area contributed by atoms with Crippen molar-refractivity contribution in [2.75, 3.05) is 20.1 Å². The molecule has 2 heterocycles. The molecule has 0 amide bonds. The van der Waals surface area contributed by atoms with Crippen molar-refractivity contribution in [1.82, 2.24) is 9.88 Å². The van der Waals surface area contributed by atoms with Crippen LogP contribution in [0.3, 0.4) is 0 Å². The molecule has 1 fully saturated rings. The Morgan fingerprint density at radius 1 is 1.67 bits per heavy atom. The fraction of sp³-hybridized carbons (Fsp3) is 0.692. The highest BCUT2D eigenvalue weighted by Gasteiger charge is 2.29. The van der Waals surface area contributed by atoms with Gasteiger partial charge in [-0.05, 0) is 20.0 Å². The molecule has 100 valence electrons. The van der Waals surface area contributed by atoms with E-state index in [0.717, 1.165) is 30.2 Å². The van der Waals surface area contributed by atoms with Gasteiger partial charge in [-0.25, -0.2) is 4.98 Å². The van der Waals surface area contributed by atoms with Gasteiger partial charge in [-0.15, -0.1) is 11.3 Å². The van der Waals surface area contributed by atoms with E-state index in [1.807, 2.05) is 19.2 Å². The highest BCUT2D eigenvalue weighted by Crippen LogP contribution is 2.33. The monoisotopic (exact) mass is 268 g/mol. The number of likely N-dealkylation sites (tertiary alicyclic amines) is 1. The number of likely N-dealkylation sites (N-methyl/N-ethyl adjacent to an activating group) is 1. The fourth-order valence-electron chi connectivity index (χ4n) is 2.39. The number of aliphatic carboxylic acids is 1. The second-order valence-corrected chi connectivity index (χ2v) is 6.66. The molecule has 4 nitrogen and oxygen atoms in total. The van der Waals surface area contributed by atoms with E-state index in [9.17, 15) is 4.79 Å². The molecule has 0 spiro atoms. The first-order valence-corrected chi connectivity index (χ1v) is 7.13. The molecule has 1 aliphatic rings. The topological polar surface area (TPSA) is 53.4 Å². The minimum absolute atomic E-state index is 0.126. The largest absolute Gasteiger partial charge is 0.481 e. The Morgan fingerprint density at radius 2 is 2.39 bits per heavy atom. The van der Waals surface area contributed by atoms with Gasteiger partial charge in [-0.1, -0.05) is 13.8 Å². The van der Waals surface area contributed by atoms with Crippen molar-refractivity contribution in [3.8, 4) is 0 Å². The minimum Gasteiger partial charge on any atom is -0.481 e. The SMILES string of the molecule is CN1CCC(c2nc(C(C)(C)CC(=O)O)cs2)C1. The van der Waals surface area contributed by atoms with Crippen LogP contribution in [0.5, 0.6) is 0 Å². The van der Waals surface area contributed by atoms with E-state index < -0.39 is 5.97 Å². The van der Waals surface area contributed by atoms with Crippen molar-refractivity contribution >= 4 is 17.3 Å². The van der Waals surface area contributed by atoms with E-state index in [0.29, 0.717) is 5.92 Å². The van der Waals surface area contributed by atoms with Crippen molar-refractivity contribution in [1.29, 1.82) is 0 Å². The van der Waals surface area contributed by atoms with Crippen LogP contribution >= 0.6 is 11.3 Å². The standard InChI is InChI=1S/C13H20N2O2S/c1-13(2,6-11(16)17)10-8-18-12(14-10)9-4-5-15(3)7-9/h8-9H,4-7H2,1-3H3,(H,16,17). The number of carbonyl (C=O) groups is 1. The van der Waals surface area contributed by atoms with Crippen molar-refractivity contribution in [2.24, 2.45) is 0 Å². The number of thiazole rings is 1. The molecule has 0 bridgehead atoms. The molecule has 5 heteroatoms. The molecule has 1 aromatic rings. The van der Waals surface area contributed by atoms with Crippen LogP contribution in [0.1, 0.15) is 43.3 Å². The quantitative estimate of drug-likeness (QED) is 0.910. The van der Waals surface area contributed by atoms with Crippen LogP contribution in [0.4, 0.5) is 0 Å². The zero-order valence-corrected chi connectivity index (χ0v) is 12.0. The molecular weight excluding hydrogens is 248 g/mol. The van der Waals surface area contributed by atoms with Crippen LogP contribution in [0.2, 0.25) is 0 Å². The maximum absolute atomic E-state index is 10.9. The number of carboxylic acids is 1. The van der Waals surface area contributed by atoms with Gasteiger partial charge in [0.25, 0.3) is 0 Å². The van der Waals surface area contributed by atoms with Gasteiger partial charge in [0.05, 0.1) is 17.1 Å². The zero-order chi connectivity index (χ0) is 13.3. The third-order valence-corrected chi connectivity index (χ3v) is 4.56. The van der Waals surface area contributed by atoms with Gasteiger partial charge in [0, 0.05) is 23.3 Å². The molecular formula is C13H20N2O2S. The lowest BCUT2D eigenvalue weighted by Gasteiger charge is -2.19. The fourth-order valence-corrected chi connectivity index (χ4v) is 3.53. The van der Waals surface area contributed by atoms with Crippen molar-refractivity contribution in [3.05, 3.63) is 16.1 Å². The summed E-state index contributed by atoms with van der Waals surface area (Å²) in [5.74, 6) is -0.246.